The van der Waals surface area contributed by atoms with Crippen LogP contribution in [0.25, 0.3) is 0 Å². The zero-order valence-electron chi connectivity index (χ0n) is 18.7. The van der Waals surface area contributed by atoms with Gasteiger partial charge in [-0.15, -0.1) is 11.3 Å². The summed E-state index contributed by atoms with van der Waals surface area (Å²) in [6.45, 7) is 9.04. The van der Waals surface area contributed by atoms with Crippen LogP contribution in [0.3, 0.4) is 0 Å². The Morgan fingerprint density at radius 2 is 2.00 bits per heavy atom. The van der Waals surface area contributed by atoms with E-state index in [2.05, 4.69) is 41.3 Å². The van der Waals surface area contributed by atoms with Crippen molar-refractivity contribution in [3.63, 3.8) is 0 Å². The molecule has 170 valence electrons. The molecule has 1 aromatic rings. The van der Waals surface area contributed by atoms with E-state index in [1.54, 1.807) is 0 Å². The number of hydrogen-bond acceptors (Lipinski definition) is 6. The van der Waals surface area contributed by atoms with Gasteiger partial charge in [0.2, 0.25) is 5.91 Å². The number of piperidine rings is 1. The maximum atomic E-state index is 13.2. The highest BCUT2D eigenvalue weighted by molar-refractivity contribution is 7.13. The number of aromatic nitrogens is 1. The van der Waals surface area contributed by atoms with Crippen molar-refractivity contribution in [3.8, 4) is 0 Å². The number of nitrogens with one attached hydrogen (secondary N) is 2. The van der Waals surface area contributed by atoms with Gasteiger partial charge in [-0.25, -0.2) is 9.78 Å². The van der Waals surface area contributed by atoms with E-state index in [1.807, 2.05) is 5.38 Å². The molecule has 3 aliphatic rings. The second kappa shape index (κ2) is 8.50. The molecule has 3 heterocycles. The summed E-state index contributed by atoms with van der Waals surface area (Å²) in [6.07, 6.45) is 5.95. The van der Waals surface area contributed by atoms with E-state index in [9.17, 15) is 14.4 Å². The molecule has 2 saturated heterocycles. The fourth-order valence-corrected chi connectivity index (χ4v) is 6.45. The highest BCUT2D eigenvalue weighted by Gasteiger charge is 2.56. The molecule has 9 heteroatoms. The molecule has 1 aliphatic carbocycles. The average Bonchev–Trinajstić information content (AvgIpc) is 3.18. The van der Waals surface area contributed by atoms with Gasteiger partial charge in [0.05, 0.1) is 5.69 Å². The molecular weight excluding hydrogens is 414 g/mol. The Morgan fingerprint density at radius 3 is 2.71 bits per heavy atom. The number of carbonyl (C=O) groups is 3. The number of carbonyl (C=O) groups excluding carboxylic acids is 3. The standard InChI is InChI=1S/C22H33N5O3S/c1-15-9-21(2,3)14-22(10-15)18(29)27(20(30)25-22)12-17(28)24-19-23-16(13-31-19)11-26-7-5-4-6-8-26/h13,15H,4-12,14H2,1-3H3,(H,25,30)(H,23,24,28). The summed E-state index contributed by atoms with van der Waals surface area (Å²) in [4.78, 5) is 46.3. The van der Waals surface area contributed by atoms with Crippen molar-refractivity contribution in [2.75, 3.05) is 25.0 Å². The fraction of sp³-hybridized carbons (Fsp3) is 0.727. The molecule has 2 atom stereocenters. The number of amides is 4. The van der Waals surface area contributed by atoms with E-state index < -0.39 is 17.5 Å². The van der Waals surface area contributed by atoms with Crippen molar-refractivity contribution in [1.82, 2.24) is 20.1 Å². The van der Waals surface area contributed by atoms with Crippen molar-refractivity contribution < 1.29 is 14.4 Å². The summed E-state index contributed by atoms with van der Waals surface area (Å²) in [5, 5.41) is 8.14. The summed E-state index contributed by atoms with van der Waals surface area (Å²) in [5.74, 6) is -0.352. The minimum absolute atomic E-state index is 0.0372. The maximum absolute atomic E-state index is 13.2. The van der Waals surface area contributed by atoms with Crippen molar-refractivity contribution in [1.29, 1.82) is 0 Å². The molecule has 2 N–H and O–H groups in total. The number of urea groups is 1. The van der Waals surface area contributed by atoms with Crippen LogP contribution in [0.5, 0.6) is 0 Å². The first-order chi connectivity index (χ1) is 14.7. The smallest absolute Gasteiger partial charge is 0.323 e. The van der Waals surface area contributed by atoms with Crippen LogP contribution in [0.1, 0.15) is 65.0 Å². The lowest BCUT2D eigenvalue weighted by Crippen LogP contribution is -2.54. The lowest BCUT2D eigenvalue weighted by molar-refractivity contribution is -0.136. The largest absolute Gasteiger partial charge is 0.325 e. The Morgan fingerprint density at radius 1 is 1.26 bits per heavy atom. The van der Waals surface area contributed by atoms with E-state index in [0.29, 0.717) is 23.9 Å². The van der Waals surface area contributed by atoms with Gasteiger partial charge in [-0.2, -0.15) is 0 Å². The van der Waals surface area contributed by atoms with E-state index in [0.717, 1.165) is 36.6 Å². The minimum Gasteiger partial charge on any atom is -0.323 e. The second-order valence-electron chi connectivity index (χ2n) is 10.3. The Bertz CT molecular complexity index is 863. The molecular formula is C22H33N5O3S. The van der Waals surface area contributed by atoms with Gasteiger partial charge in [-0.3, -0.25) is 19.4 Å². The van der Waals surface area contributed by atoms with Crippen molar-refractivity contribution in [3.05, 3.63) is 11.1 Å². The normalized spacial score (nSPS) is 28.7. The minimum atomic E-state index is -0.888. The quantitative estimate of drug-likeness (QED) is 0.676. The summed E-state index contributed by atoms with van der Waals surface area (Å²) in [5.41, 5.74) is 0.0147. The van der Waals surface area contributed by atoms with Gasteiger partial charge in [0.15, 0.2) is 5.13 Å². The van der Waals surface area contributed by atoms with Gasteiger partial charge in [0.25, 0.3) is 5.91 Å². The first kappa shape index (κ1) is 22.2. The molecule has 1 spiro atoms. The van der Waals surface area contributed by atoms with E-state index >= 15 is 0 Å². The molecule has 1 aromatic heterocycles. The van der Waals surface area contributed by atoms with Crippen LogP contribution >= 0.6 is 11.3 Å². The Balaban J connectivity index is 1.35. The molecule has 0 radical (unpaired) electrons. The van der Waals surface area contributed by atoms with E-state index in [-0.39, 0.29) is 17.9 Å². The van der Waals surface area contributed by atoms with Gasteiger partial charge in [-0.1, -0.05) is 27.2 Å². The number of anilines is 1. The van der Waals surface area contributed by atoms with Crippen LogP contribution in [-0.4, -0.2) is 57.8 Å². The summed E-state index contributed by atoms with van der Waals surface area (Å²) >= 11 is 1.37. The van der Waals surface area contributed by atoms with Crippen LogP contribution in [0.4, 0.5) is 9.93 Å². The lowest BCUT2D eigenvalue weighted by Gasteiger charge is -2.43. The van der Waals surface area contributed by atoms with Crippen LogP contribution < -0.4 is 10.6 Å². The molecule has 2 aliphatic heterocycles. The molecule has 8 nitrogen and oxygen atoms in total. The first-order valence-electron chi connectivity index (χ1n) is 11.3. The topological polar surface area (TPSA) is 94.6 Å². The SMILES string of the molecule is CC1CC(C)(C)CC2(C1)NC(=O)N(CC(=O)Nc1nc(CN3CCCCC3)cs1)C2=O. The van der Waals surface area contributed by atoms with Crippen LogP contribution in [0.2, 0.25) is 0 Å². The first-order valence-corrected chi connectivity index (χ1v) is 12.1. The van der Waals surface area contributed by atoms with E-state index in [1.165, 1.54) is 30.6 Å². The number of rotatable bonds is 5. The van der Waals surface area contributed by atoms with E-state index in [4.69, 9.17) is 0 Å². The third-order valence-corrected chi connectivity index (χ3v) is 7.36. The number of imide groups is 1. The van der Waals surface area contributed by atoms with Crippen molar-refractivity contribution >= 4 is 34.3 Å². The van der Waals surface area contributed by atoms with Gasteiger partial charge < -0.3 is 10.6 Å². The van der Waals surface area contributed by atoms with Gasteiger partial charge in [0.1, 0.15) is 12.1 Å². The molecule has 0 bridgehead atoms. The zero-order valence-corrected chi connectivity index (χ0v) is 19.5. The van der Waals surface area contributed by atoms with Crippen LogP contribution in [0, 0.1) is 11.3 Å². The molecule has 2 unspecified atom stereocenters. The predicted molar refractivity (Wildman–Crippen MR) is 120 cm³/mol. The highest BCUT2D eigenvalue weighted by Crippen LogP contribution is 2.46. The Labute approximate surface area is 187 Å². The third kappa shape index (κ3) is 4.92. The summed E-state index contributed by atoms with van der Waals surface area (Å²) in [6, 6.07) is -0.477. The average molecular weight is 448 g/mol. The monoisotopic (exact) mass is 447 g/mol. The van der Waals surface area contributed by atoms with Crippen LogP contribution in [-0.2, 0) is 16.1 Å². The second-order valence-corrected chi connectivity index (χ2v) is 11.1. The predicted octanol–water partition coefficient (Wildman–Crippen LogP) is 3.20. The molecule has 4 amide bonds. The third-order valence-electron chi connectivity index (χ3n) is 6.56. The number of hydrogen-bond donors (Lipinski definition) is 2. The van der Waals surface area contributed by atoms with Gasteiger partial charge in [-0.05, 0) is 56.5 Å². The van der Waals surface area contributed by atoms with Gasteiger partial charge >= 0.3 is 6.03 Å². The molecule has 4 rings (SSSR count). The van der Waals surface area contributed by atoms with Crippen molar-refractivity contribution in [2.45, 2.75) is 71.4 Å². The molecule has 0 aromatic carbocycles. The molecule has 3 fully saturated rings. The lowest BCUT2D eigenvalue weighted by atomic mass is 9.64. The van der Waals surface area contributed by atoms with Gasteiger partial charge in [0, 0.05) is 11.9 Å². The number of likely N-dealkylation sites (tertiary alicyclic amines) is 1. The summed E-state index contributed by atoms with van der Waals surface area (Å²) in [7, 11) is 0. The number of thiazole rings is 1. The highest BCUT2D eigenvalue weighted by atomic mass is 32.1. The summed E-state index contributed by atoms with van der Waals surface area (Å²) < 4.78 is 0. The Kier molecular flexibility index (Phi) is 6.09. The fourth-order valence-electron chi connectivity index (χ4n) is 5.74. The maximum Gasteiger partial charge on any atom is 0.325 e. The number of nitrogens with zero attached hydrogens (tertiary/aromatic N) is 3. The molecule has 31 heavy (non-hydrogen) atoms. The van der Waals surface area contributed by atoms with Crippen molar-refractivity contribution in [2.24, 2.45) is 11.3 Å². The van der Waals surface area contributed by atoms with Crippen LogP contribution in [0.15, 0.2) is 5.38 Å². The zero-order chi connectivity index (χ0) is 22.2. The Hall–Kier alpha value is -2.00. The molecule has 1 saturated carbocycles.